The van der Waals surface area contributed by atoms with Gasteiger partial charge in [-0.05, 0) is 12.8 Å². The molecule has 1 aromatic rings. The lowest BCUT2D eigenvalue weighted by molar-refractivity contribution is 0.476. The SMILES string of the molecule is CCCc1cnc(C(C)(C)CC)[nH]1. The highest BCUT2D eigenvalue weighted by Crippen LogP contribution is 2.23. The summed E-state index contributed by atoms with van der Waals surface area (Å²) in [7, 11) is 0. The van der Waals surface area contributed by atoms with Crippen molar-refractivity contribution in [2.24, 2.45) is 0 Å². The predicted octanol–water partition coefficient (Wildman–Crippen LogP) is 3.05. The topological polar surface area (TPSA) is 28.7 Å². The maximum atomic E-state index is 4.42. The van der Waals surface area contributed by atoms with Gasteiger partial charge in [0.1, 0.15) is 5.82 Å². The Balaban J connectivity index is 2.79. The number of aromatic nitrogens is 2. The number of nitrogens with zero attached hydrogens (tertiary/aromatic N) is 1. The van der Waals surface area contributed by atoms with Gasteiger partial charge in [-0.2, -0.15) is 0 Å². The van der Waals surface area contributed by atoms with Gasteiger partial charge in [0.05, 0.1) is 0 Å². The van der Waals surface area contributed by atoms with E-state index in [1.807, 2.05) is 6.20 Å². The van der Waals surface area contributed by atoms with Crippen molar-refractivity contribution in [1.82, 2.24) is 9.97 Å². The van der Waals surface area contributed by atoms with Gasteiger partial charge in [-0.3, -0.25) is 0 Å². The van der Waals surface area contributed by atoms with Crippen molar-refractivity contribution in [3.05, 3.63) is 17.7 Å². The number of aromatic amines is 1. The first-order valence-electron chi connectivity index (χ1n) is 5.14. The van der Waals surface area contributed by atoms with Crippen LogP contribution in [0, 0.1) is 0 Å². The smallest absolute Gasteiger partial charge is 0.111 e. The molecule has 0 unspecified atom stereocenters. The van der Waals surface area contributed by atoms with Crippen molar-refractivity contribution in [3.8, 4) is 0 Å². The van der Waals surface area contributed by atoms with Crippen molar-refractivity contribution in [2.45, 2.75) is 52.4 Å². The van der Waals surface area contributed by atoms with E-state index >= 15 is 0 Å². The third-order valence-corrected chi connectivity index (χ3v) is 2.67. The molecule has 1 heterocycles. The second kappa shape index (κ2) is 3.95. The number of H-pyrrole nitrogens is 1. The first kappa shape index (κ1) is 10.3. The first-order valence-corrected chi connectivity index (χ1v) is 5.14. The van der Waals surface area contributed by atoms with Crippen molar-refractivity contribution >= 4 is 0 Å². The summed E-state index contributed by atoms with van der Waals surface area (Å²) in [4.78, 5) is 7.82. The summed E-state index contributed by atoms with van der Waals surface area (Å²) in [5.74, 6) is 1.12. The lowest BCUT2D eigenvalue weighted by Gasteiger charge is -2.19. The van der Waals surface area contributed by atoms with Gasteiger partial charge in [-0.25, -0.2) is 4.98 Å². The van der Waals surface area contributed by atoms with E-state index in [-0.39, 0.29) is 5.41 Å². The summed E-state index contributed by atoms with van der Waals surface area (Å²) in [5, 5.41) is 0. The van der Waals surface area contributed by atoms with Gasteiger partial charge in [0.15, 0.2) is 0 Å². The molecule has 74 valence electrons. The minimum absolute atomic E-state index is 0.186. The Morgan fingerprint density at radius 1 is 1.38 bits per heavy atom. The van der Waals surface area contributed by atoms with Gasteiger partial charge < -0.3 is 4.98 Å². The molecule has 1 rings (SSSR count). The molecule has 0 aliphatic heterocycles. The summed E-state index contributed by atoms with van der Waals surface area (Å²) >= 11 is 0. The maximum absolute atomic E-state index is 4.42. The Morgan fingerprint density at radius 2 is 2.08 bits per heavy atom. The number of rotatable bonds is 4. The number of nitrogens with one attached hydrogen (secondary N) is 1. The van der Waals surface area contributed by atoms with E-state index in [9.17, 15) is 0 Å². The van der Waals surface area contributed by atoms with Crippen LogP contribution >= 0.6 is 0 Å². The number of hydrogen-bond donors (Lipinski definition) is 1. The van der Waals surface area contributed by atoms with Crippen molar-refractivity contribution in [3.63, 3.8) is 0 Å². The van der Waals surface area contributed by atoms with Gasteiger partial charge in [0.2, 0.25) is 0 Å². The number of hydrogen-bond acceptors (Lipinski definition) is 1. The highest BCUT2D eigenvalue weighted by Gasteiger charge is 2.21. The summed E-state index contributed by atoms with van der Waals surface area (Å²) in [6, 6.07) is 0. The summed E-state index contributed by atoms with van der Waals surface area (Å²) in [6.45, 7) is 8.83. The Labute approximate surface area is 80.8 Å². The lowest BCUT2D eigenvalue weighted by Crippen LogP contribution is -2.17. The molecule has 1 aromatic heterocycles. The normalized spacial score (nSPS) is 12.0. The quantitative estimate of drug-likeness (QED) is 0.758. The molecule has 0 saturated heterocycles. The zero-order chi connectivity index (χ0) is 9.90. The zero-order valence-electron chi connectivity index (χ0n) is 9.15. The van der Waals surface area contributed by atoms with Crippen LogP contribution in [0.5, 0.6) is 0 Å². The Hall–Kier alpha value is -0.790. The summed E-state index contributed by atoms with van der Waals surface area (Å²) in [5.41, 5.74) is 1.45. The molecule has 0 atom stereocenters. The van der Waals surface area contributed by atoms with Crippen LogP contribution in [0.3, 0.4) is 0 Å². The van der Waals surface area contributed by atoms with Crippen LogP contribution in [0.1, 0.15) is 52.1 Å². The van der Waals surface area contributed by atoms with E-state index in [0.29, 0.717) is 0 Å². The number of aryl methyl sites for hydroxylation is 1. The molecular weight excluding hydrogens is 160 g/mol. The average molecular weight is 180 g/mol. The predicted molar refractivity (Wildman–Crippen MR) is 55.9 cm³/mol. The molecule has 0 aliphatic rings. The molecule has 1 N–H and O–H groups in total. The fourth-order valence-corrected chi connectivity index (χ4v) is 1.27. The Morgan fingerprint density at radius 3 is 2.62 bits per heavy atom. The van der Waals surface area contributed by atoms with Gasteiger partial charge in [-0.1, -0.05) is 34.1 Å². The maximum Gasteiger partial charge on any atom is 0.111 e. The highest BCUT2D eigenvalue weighted by molar-refractivity contribution is 5.09. The molecule has 0 amide bonds. The molecule has 0 saturated carbocycles. The largest absolute Gasteiger partial charge is 0.345 e. The lowest BCUT2D eigenvalue weighted by atomic mass is 9.90. The van der Waals surface area contributed by atoms with E-state index in [1.165, 1.54) is 12.1 Å². The molecular formula is C11H20N2. The van der Waals surface area contributed by atoms with E-state index < -0.39 is 0 Å². The van der Waals surface area contributed by atoms with Crippen LogP contribution in [0.2, 0.25) is 0 Å². The zero-order valence-corrected chi connectivity index (χ0v) is 9.15. The summed E-state index contributed by atoms with van der Waals surface area (Å²) < 4.78 is 0. The second-order valence-electron chi connectivity index (χ2n) is 4.24. The van der Waals surface area contributed by atoms with Crippen LogP contribution < -0.4 is 0 Å². The molecule has 0 aromatic carbocycles. The van der Waals surface area contributed by atoms with Crippen LogP contribution in [-0.2, 0) is 11.8 Å². The molecule has 0 fully saturated rings. The third kappa shape index (κ3) is 2.33. The van der Waals surface area contributed by atoms with E-state index in [1.54, 1.807) is 0 Å². The molecule has 2 heteroatoms. The third-order valence-electron chi connectivity index (χ3n) is 2.67. The van der Waals surface area contributed by atoms with Crippen LogP contribution in [0.25, 0.3) is 0 Å². The highest BCUT2D eigenvalue weighted by atomic mass is 14.9. The standard InChI is InChI=1S/C11H20N2/c1-5-7-9-8-12-10(13-9)11(3,4)6-2/h8H,5-7H2,1-4H3,(H,12,13). The van der Waals surface area contributed by atoms with Gasteiger partial charge in [-0.15, -0.1) is 0 Å². The Bertz CT molecular complexity index is 261. The molecule has 13 heavy (non-hydrogen) atoms. The second-order valence-corrected chi connectivity index (χ2v) is 4.24. The summed E-state index contributed by atoms with van der Waals surface area (Å²) in [6.07, 6.45) is 5.36. The average Bonchev–Trinajstić information content (AvgIpc) is 2.54. The van der Waals surface area contributed by atoms with Crippen LogP contribution in [0.4, 0.5) is 0 Å². The van der Waals surface area contributed by atoms with Crippen LogP contribution in [-0.4, -0.2) is 9.97 Å². The van der Waals surface area contributed by atoms with Gasteiger partial charge in [0, 0.05) is 17.3 Å². The molecule has 2 nitrogen and oxygen atoms in total. The fourth-order valence-electron chi connectivity index (χ4n) is 1.27. The van der Waals surface area contributed by atoms with Gasteiger partial charge in [0.25, 0.3) is 0 Å². The molecule has 0 radical (unpaired) electrons. The Kier molecular flexibility index (Phi) is 3.12. The van der Waals surface area contributed by atoms with Crippen LogP contribution in [0.15, 0.2) is 6.20 Å². The fraction of sp³-hybridized carbons (Fsp3) is 0.727. The van der Waals surface area contributed by atoms with Crippen molar-refractivity contribution in [1.29, 1.82) is 0 Å². The van der Waals surface area contributed by atoms with E-state index in [4.69, 9.17) is 0 Å². The molecule has 0 spiro atoms. The van der Waals surface area contributed by atoms with E-state index in [0.717, 1.165) is 18.7 Å². The van der Waals surface area contributed by atoms with Gasteiger partial charge >= 0.3 is 0 Å². The minimum Gasteiger partial charge on any atom is -0.345 e. The molecule has 0 bridgehead atoms. The van der Waals surface area contributed by atoms with Crippen molar-refractivity contribution in [2.75, 3.05) is 0 Å². The minimum atomic E-state index is 0.186. The van der Waals surface area contributed by atoms with E-state index in [2.05, 4.69) is 37.7 Å². The monoisotopic (exact) mass is 180 g/mol. The molecule has 0 aliphatic carbocycles. The number of imidazole rings is 1. The van der Waals surface area contributed by atoms with Crippen molar-refractivity contribution < 1.29 is 0 Å². The first-order chi connectivity index (χ1) is 6.10.